The van der Waals surface area contributed by atoms with Crippen LogP contribution in [0.25, 0.3) is 0 Å². The van der Waals surface area contributed by atoms with E-state index in [2.05, 4.69) is 10.2 Å². The van der Waals surface area contributed by atoms with Crippen LogP contribution in [0.15, 0.2) is 18.2 Å². The number of benzene rings is 1. The van der Waals surface area contributed by atoms with Gasteiger partial charge in [0.15, 0.2) is 5.78 Å². The lowest BCUT2D eigenvalue weighted by atomic mass is 10.1. The summed E-state index contributed by atoms with van der Waals surface area (Å²) in [5, 5.41) is 2.91. The largest absolute Gasteiger partial charge is 0.497 e. The first-order valence-corrected chi connectivity index (χ1v) is 6.37. The van der Waals surface area contributed by atoms with Gasteiger partial charge < -0.3 is 15.0 Å². The summed E-state index contributed by atoms with van der Waals surface area (Å²) in [7, 11) is 3.41. The van der Waals surface area contributed by atoms with Gasteiger partial charge in [-0.25, -0.2) is 0 Å². The van der Waals surface area contributed by atoms with Crippen LogP contribution in [0.3, 0.4) is 0 Å². The van der Waals surface area contributed by atoms with Gasteiger partial charge in [0, 0.05) is 24.3 Å². The zero-order chi connectivity index (χ0) is 13.0. The average Bonchev–Trinajstić information content (AvgIpc) is 2.92. The van der Waals surface area contributed by atoms with Gasteiger partial charge in [-0.15, -0.1) is 0 Å². The molecule has 1 fully saturated rings. The standard InChI is InChI=1S/C14H20N2O2/c1-15-10-14(17)12-9-11(18-2)5-6-13(12)16-7-3-4-8-16/h5-6,9,15H,3-4,7-8,10H2,1-2H3. The minimum atomic E-state index is 0.110. The molecule has 1 N–H and O–H groups in total. The molecule has 1 saturated heterocycles. The molecular weight excluding hydrogens is 228 g/mol. The molecule has 1 aliphatic rings. The highest BCUT2D eigenvalue weighted by Crippen LogP contribution is 2.28. The summed E-state index contributed by atoms with van der Waals surface area (Å²) in [5.74, 6) is 0.843. The van der Waals surface area contributed by atoms with E-state index in [1.165, 1.54) is 12.8 Å². The van der Waals surface area contributed by atoms with Gasteiger partial charge in [0.1, 0.15) is 5.75 Å². The van der Waals surface area contributed by atoms with Crippen molar-refractivity contribution in [3.8, 4) is 5.75 Å². The fourth-order valence-corrected chi connectivity index (χ4v) is 2.36. The van der Waals surface area contributed by atoms with Gasteiger partial charge in [-0.05, 0) is 38.1 Å². The number of anilines is 1. The van der Waals surface area contributed by atoms with Gasteiger partial charge >= 0.3 is 0 Å². The minimum Gasteiger partial charge on any atom is -0.497 e. The molecule has 4 nitrogen and oxygen atoms in total. The summed E-state index contributed by atoms with van der Waals surface area (Å²) in [4.78, 5) is 14.4. The van der Waals surface area contributed by atoms with Crippen molar-refractivity contribution in [3.63, 3.8) is 0 Å². The van der Waals surface area contributed by atoms with Crippen molar-refractivity contribution in [3.05, 3.63) is 23.8 Å². The van der Waals surface area contributed by atoms with Crippen LogP contribution in [0.4, 0.5) is 5.69 Å². The number of nitrogens with zero attached hydrogens (tertiary/aromatic N) is 1. The van der Waals surface area contributed by atoms with Crippen LogP contribution < -0.4 is 15.0 Å². The van der Waals surface area contributed by atoms with Gasteiger partial charge in [-0.3, -0.25) is 4.79 Å². The number of methoxy groups -OCH3 is 1. The molecule has 0 amide bonds. The van der Waals surface area contributed by atoms with E-state index in [4.69, 9.17) is 4.74 Å². The first kappa shape index (κ1) is 12.9. The molecule has 0 atom stereocenters. The highest BCUT2D eigenvalue weighted by atomic mass is 16.5. The van der Waals surface area contributed by atoms with Crippen LogP contribution in [0.2, 0.25) is 0 Å². The van der Waals surface area contributed by atoms with Gasteiger partial charge in [-0.1, -0.05) is 0 Å². The minimum absolute atomic E-state index is 0.110. The summed E-state index contributed by atoms with van der Waals surface area (Å²) >= 11 is 0. The predicted molar refractivity (Wildman–Crippen MR) is 72.7 cm³/mol. The van der Waals surface area contributed by atoms with E-state index in [9.17, 15) is 4.79 Å². The Morgan fingerprint density at radius 2 is 2.11 bits per heavy atom. The number of ether oxygens (including phenoxy) is 1. The molecule has 1 aromatic carbocycles. The van der Waals surface area contributed by atoms with E-state index >= 15 is 0 Å². The maximum atomic E-state index is 12.1. The topological polar surface area (TPSA) is 41.6 Å². The molecule has 0 bridgehead atoms. The molecule has 0 radical (unpaired) electrons. The van der Waals surface area contributed by atoms with Crippen LogP contribution >= 0.6 is 0 Å². The molecule has 0 aliphatic carbocycles. The third-order valence-corrected chi connectivity index (χ3v) is 3.29. The second kappa shape index (κ2) is 5.87. The van der Waals surface area contributed by atoms with Crippen LogP contribution in [0.1, 0.15) is 23.2 Å². The lowest BCUT2D eigenvalue weighted by Crippen LogP contribution is -2.24. The Bertz CT molecular complexity index is 426. The van der Waals surface area contributed by atoms with Crippen molar-refractivity contribution in [2.75, 3.05) is 38.7 Å². The van der Waals surface area contributed by atoms with Crippen LogP contribution in [0.5, 0.6) is 5.75 Å². The number of carbonyl (C=O) groups excluding carboxylic acids is 1. The summed E-state index contributed by atoms with van der Waals surface area (Å²) in [6.45, 7) is 2.42. The van der Waals surface area contributed by atoms with Crippen molar-refractivity contribution in [1.29, 1.82) is 0 Å². The molecule has 0 saturated carbocycles. The zero-order valence-electron chi connectivity index (χ0n) is 11.0. The van der Waals surface area contributed by atoms with Gasteiger partial charge in [0.05, 0.1) is 13.7 Å². The number of likely N-dealkylation sites (N-methyl/N-ethyl adjacent to an activating group) is 1. The molecule has 2 rings (SSSR count). The molecule has 0 aromatic heterocycles. The molecule has 1 aliphatic heterocycles. The van der Waals surface area contributed by atoms with E-state index in [-0.39, 0.29) is 5.78 Å². The number of carbonyl (C=O) groups is 1. The molecule has 18 heavy (non-hydrogen) atoms. The van der Waals surface area contributed by atoms with Crippen LogP contribution in [-0.4, -0.2) is 39.6 Å². The Hall–Kier alpha value is -1.55. The number of ketones is 1. The Kier molecular flexibility index (Phi) is 4.20. The smallest absolute Gasteiger partial charge is 0.178 e. The molecule has 1 heterocycles. The molecule has 0 spiro atoms. The monoisotopic (exact) mass is 248 g/mol. The van der Waals surface area contributed by atoms with Gasteiger partial charge in [0.25, 0.3) is 0 Å². The molecular formula is C14H20N2O2. The normalized spacial score (nSPS) is 14.9. The van der Waals surface area contributed by atoms with Crippen molar-refractivity contribution in [2.24, 2.45) is 0 Å². The van der Waals surface area contributed by atoms with E-state index < -0.39 is 0 Å². The zero-order valence-corrected chi connectivity index (χ0v) is 11.0. The fourth-order valence-electron chi connectivity index (χ4n) is 2.36. The number of Topliss-reactive ketones (excluding diaryl/α,β-unsaturated/α-hetero) is 1. The highest BCUT2D eigenvalue weighted by Gasteiger charge is 2.19. The van der Waals surface area contributed by atoms with Crippen molar-refractivity contribution >= 4 is 11.5 Å². The summed E-state index contributed by atoms with van der Waals surface area (Å²) in [5.41, 5.74) is 1.79. The first-order chi connectivity index (χ1) is 8.76. The van der Waals surface area contributed by atoms with Crippen molar-refractivity contribution in [1.82, 2.24) is 5.32 Å². The van der Waals surface area contributed by atoms with Gasteiger partial charge in [0.2, 0.25) is 0 Å². The van der Waals surface area contributed by atoms with Crippen LogP contribution in [-0.2, 0) is 0 Å². The number of nitrogens with one attached hydrogen (secondary N) is 1. The number of hydrogen-bond acceptors (Lipinski definition) is 4. The van der Waals surface area contributed by atoms with E-state index in [1.807, 2.05) is 18.2 Å². The Balaban J connectivity index is 2.34. The van der Waals surface area contributed by atoms with Crippen molar-refractivity contribution in [2.45, 2.75) is 12.8 Å². The van der Waals surface area contributed by atoms with E-state index in [1.54, 1.807) is 14.2 Å². The SMILES string of the molecule is CNCC(=O)c1cc(OC)ccc1N1CCCC1. The molecule has 1 aromatic rings. The highest BCUT2D eigenvalue weighted by molar-refractivity contribution is 6.03. The van der Waals surface area contributed by atoms with E-state index in [0.29, 0.717) is 6.54 Å². The number of hydrogen-bond donors (Lipinski definition) is 1. The van der Waals surface area contributed by atoms with Crippen LogP contribution in [0, 0.1) is 0 Å². The first-order valence-electron chi connectivity index (χ1n) is 6.37. The Morgan fingerprint density at radius 3 is 2.72 bits per heavy atom. The van der Waals surface area contributed by atoms with E-state index in [0.717, 1.165) is 30.1 Å². The molecule has 0 unspecified atom stereocenters. The third kappa shape index (κ3) is 2.64. The quantitative estimate of drug-likeness (QED) is 0.805. The second-order valence-corrected chi connectivity index (χ2v) is 4.53. The Morgan fingerprint density at radius 1 is 1.39 bits per heavy atom. The molecule has 98 valence electrons. The fraction of sp³-hybridized carbons (Fsp3) is 0.500. The lowest BCUT2D eigenvalue weighted by molar-refractivity contribution is 0.0993. The summed E-state index contributed by atoms with van der Waals surface area (Å²) in [6, 6.07) is 5.75. The van der Waals surface area contributed by atoms with Gasteiger partial charge in [-0.2, -0.15) is 0 Å². The third-order valence-electron chi connectivity index (χ3n) is 3.29. The lowest BCUT2D eigenvalue weighted by Gasteiger charge is -2.21. The number of rotatable bonds is 5. The maximum Gasteiger partial charge on any atom is 0.178 e. The molecule has 4 heteroatoms. The predicted octanol–water partition coefficient (Wildman–Crippen LogP) is 1.70. The Labute approximate surface area is 108 Å². The maximum absolute atomic E-state index is 12.1. The summed E-state index contributed by atoms with van der Waals surface area (Å²) in [6.07, 6.45) is 2.40. The van der Waals surface area contributed by atoms with Crippen molar-refractivity contribution < 1.29 is 9.53 Å². The average molecular weight is 248 g/mol. The summed E-state index contributed by atoms with van der Waals surface area (Å²) < 4.78 is 5.21. The second-order valence-electron chi connectivity index (χ2n) is 4.53.